The Balaban J connectivity index is 2.42. The zero-order valence-corrected chi connectivity index (χ0v) is 12.6. The van der Waals surface area contributed by atoms with Gasteiger partial charge in [-0.25, -0.2) is 9.53 Å². The zero-order valence-electron chi connectivity index (χ0n) is 11.8. The van der Waals surface area contributed by atoms with Crippen LogP contribution in [0.2, 0.25) is 0 Å². The van der Waals surface area contributed by atoms with Crippen molar-refractivity contribution >= 4 is 15.9 Å². The standard InChI is InChI=1S/C14H12F4N2O2S/c1-8-6-10(20-23(19,21)22)3-4-11(8)9-2-5-12(13(15)7-9)14(16,17)18/h2-7,20H,1H3,(H2,19,21,22). The smallest absolute Gasteiger partial charge is 0.271 e. The van der Waals surface area contributed by atoms with Gasteiger partial charge in [0.05, 0.1) is 11.3 Å². The van der Waals surface area contributed by atoms with Crippen molar-refractivity contribution in [1.82, 2.24) is 0 Å². The first-order valence-corrected chi connectivity index (χ1v) is 7.80. The van der Waals surface area contributed by atoms with E-state index >= 15 is 0 Å². The fraction of sp³-hybridized carbons (Fsp3) is 0.143. The molecular weight excluding hydrogens is 336 g/mol. The van der Waals surface area contributed by atoms with E-state index < -0.39 is 27.8 Å². The fourth-order valence-corrected chi connectivity index (χ4v) is 2.58. The molecule has 2 aromatic carbocycles. The maximum atomic E-state index is 13.6. The van der Waals surface area contributed by atoms with E-state index in [1.54, 1.807) is 6.92 Å². The van der Waals surface area contributed by atoms with Crippen LogP contribution in [0.5, 0.6) is 0 Å². The molecular formula is C14H12F4N2O2S. The number of hydrogen-bond donors (Lipinski definition) is 2. The predicted octanol–water partition coefficient (Wildman–Crippen LogP) is 3.44. The Morgan fingerprint density at radius 1 is 1.09 bits per heavy atom. The van der Waals surface area contributed by atoms with Crippen LogP contribution in [0.15, 0.2) is 36.4 Å². The molecule has 2 aromatic rings. The Hall–Kier alpha value is -2.13. The van der Waals surface area contributed by atoms with Gasteiger partial charge < -0.3 is 0 Å². The second kappa shape index (κ2) is 5.82. The largest absolute Gasteiger partial charge is 0.419 e. The third-order valence-electron chi connectivity index (χ3n) is 3.07. The molecule has 0 spiro atoms. The summed E-state index contributed by atoms with van der Waals surface area (Å²) in [7, 11) is -3.94. The molecule has 2 rings (SSSR count). The highest BCUT2D eigenvalue weighted by Crippen LogP contribution is 2.34. The van der Waals surface area contributed by atoms with E-state index in [4.69, 9.17) is 5.14 Å². The van der Waals surface area contributed by atoms with Crippen molar-refractivity contribution in [2.24, 2.45) is 5.14 Å². The highest BCUT2D eigenvalue weighted by atomic mass is 32.2. The van der Waals surface area contributed by atoms with Crippen molar-refractivity contribution in [2.75, 3.05) is 4.72 Å². The van der Waals surface area contributed by atoms with E-state index in [-0.39, 0.29) is 11.3 Å². The Labute approximate surface area is 130 Å². The van der Waals surface area contributed by atoms with Crippen LogP contribution < -0.4 is 9.86 Å². The summed E-state index contributed by atoms with van der Waals surface area (Å²) >= 11 is 0. The number of nitrogens with two attached hydrogens (primary N) is 1. The molecule has 0 amide bonds. The van der Waals surface area contributed by atoms with Gasteiger partial charge in [-0.2, -0.15) is 21.6 Å². The van der Waals surface area contributed by atoms with Gasteiger partial charge in [-0.1, -0.05) is 12.1 Å². The van der Waals surface area contributed by atoms with E-state index in [0.29, 0.717) is 17.2 Å². The van der Waals surface area contributed by atoms with E-state index in [9.17, 15) is 26.0 Å². The normalized spacial score (nSPS) is 12.3. The molecule has 0 saturated heterocycles. The third-order valence-corrected chi connectivity index (χ3v) is 3.59. The molecule has 0 radical (unpaired) electrons. The third kappa shape index (κ3) is 4.20. The van der Waals surface area contributed by atoms with Crippen LogP contribution in [0.25, 0.3) is 11.1 Å². The fourth-order valence-electron chi connectivity index (χ4n) is 2.13. The predicted molar refractivity (Wildman–Crippen MR) is 78.3 cm³/mol. The Kier molecular flexibility index (Phi) is 4.36. The number of aryl methyl sites for hydroxylation is 1. The number of benzene rings is 2. The minimum atomic E-state index is -4.76. The van der Waals surface area contributed by atoms with E-state index in [1.165, 1.54) is 18.2 Å². The van der Waals surface area contributed by atoms with Gasteiger partial charge >= 0.3 is 6.18 Å². The second-order valence-corrected chi connectivity index (χ2v) is 6.16. The first kappa shape index (κ1) is 17.2. The number of halogens is 4. The van der Waals surface area contributed by atoms with Crippen LogP contribution in [0.1, 0.15) is 11.1 Å². The lowest BCUT2D eigenvalue weighted by Gasteiger charge is -2.12. The van der Waals surface area contributed by atoms with Crippen LogP contribution >= 0.6 is 0 Å². The highest BCUT2D eigenvalue weighted by molar-refractivity contribution is 7.90. The summed E-state index contributed by atoms with van der Waals surface area (Å²) < 4.78 is 75.3. The monoisotopic (exact) mass is 348 g/mol. The molecule has 23 heavy (non-hydrogen) atoms. The lowest BCUT2D eigenvalue weighted by atomic mass is 9.98. The van der Waals surface area contributed by atoms with Gasteiger partial charge in [0, 0.05) is 0 Å². The number of anilines is 1. The molecule has 0 aliphatic rings. The Morgan fingerprint density at radius 2 is 1.74 bits per heavy atom. The number of rotatable bonds is 3. The van der Waals surface area contributed by atoms with E-state index in [1.807, 2.05) is 0 Å². The molecule has 0 aliphatic heterocycles. The van der Waals surface area contributed by atoms with Crippen LogP contribution in [0.4, 0.5) is 23.2 Å². The SMILES string of the molecule is Cc1cc(NS(N)(=O)=O)ccc1-c1ccc(C(F)(F)F)c(F)c1. The van der Waals surface area contributed by atoms with Crippen molar-refractivity contribution in [1.29, 1.82) is 0 Å². The van der Waals surface area contributed by atoms with Crippen LogP contribution in [0, 0.1) is 12.7 Å². The number of alkyl halides is 3. The molecule has 0 aromatic heterocycles. The molecule has 0 bridgehead atoms. The highest BCUT2D eigenvalue weighted by Gasteiger charge is 2.33. The average Bonchev–Trinajstić information content (AvgIpc) is 2.35. The summed E-state index contributed by atoms with van der Waals surface area (Å²) in [5.74, 6) is -1.37. The first-order chi connectivity index (χ1) is 10.5. The molecule has 0 heterocycles. The minimum Gasteiger partial charge on any atom is -0.271 e. The van der Waals surface area contributed by atoms with Gasteiger partial charge in [-0.15, -0.1) is 0 Å². The number of nitrogens with one attached hydrogen (secondary N) is 1. The molecule has 4 nitrogen and oxygen atoms in total. The molecule has 0 fully saturated rings. The van der Waals surface area contributed by atoms with Gasteiger partial charge in [0.15, 0.2) is 0 Å². The summed E-state index contributed by atoms with van der Waals surface area (Å²) in [6.07, 6.45) is -4.76. The lowest BCUT2D eigenvalue weighted by Crippen LogP contribution is -2.21. The van der Waals surface area contributed by atoms with Crippen molar-refractivity contribution < 1.29 is 26.0 Å². The van der Waals surface area contributed by atoms with Crippen molar-refractivity contribution in [3.8, 4) is 11.1 Å². The molecule has 0 aliphatic carbocycles. The quantitative estimate of drug-likeness (QED) is 0.834. The molecule has 3 N–H and O–H groups in total. The van der Waals surface area contributed by atoms with Crippen molar-refractivity contribution in [3.63, 3.8) is 0 Å². The van der Waals surface area contributed by atoms with Gasteiger partial charge in [0.25, 0.3) is 10.2 Å². The Bertz CT molecular complexity index is 848. The van der Waals surface area contributed by atoms with Gasteiger partial charge in [0.2, 0.25) is 0 Å². The average molecular weight is 348 g/mol. The summed E-state index contributed by atoms with van der Waals surface area (Å²) in [5.41, 5.74) is 0.109. The molecule has 0 saturated carbocycles. The van der Waals surface area contributed by atoms with Crippen LogP contribution in [-0.4, -0.2) is 8.42 Å². The first-order valence-electron chi connectivity index (χ1n) is 6.26. The van der Waals surface area contributed by atoms with Gasteiger partial charge in [-0.3, -0.25) is 4.72 Å². The Morgan fingerprint density at radius 3 is 2.22 bits per heavy atom. The molecule has 9 heteroatoms. The summed E-state index contributed by atoms with van der Waals surface area (Å²) in [4.78, 5) is 0. The summed E-state index contributed by atoms with van der Waals surface area (Å²) in [6.45, 7) is 1.61. The zero-order chi connectivity index (χ0) is 17.4. The van der Waals surface area contributed by atoms with Gasteiger partial charge in [0.1, 0.15) is 5.82 Å². The maximum Gasteiger partial charge on any atom is 0.419 e. The molecule has 0 atom stereocenters. The van der Waals surface area contributed by atoms with Crippen LogP contribution in [0.3, 0.4) is 0 Å². The van der Waals surface area contributed by atoms with Gasteiger partial charge in [-0.05, 0) is 47.9 Å². The molecule has 124 valence electrons. The lowest BCUT2D eigenvalue weighted by molar-refractivity contribution is -0.139. The topological polar surface area (TPSA) is 72.2 Å². The van der Waals surface area contributed by atoms with Crippen molar-refractivity contribution in [3.05, 3.63) is 53.3 Å². The van der Waals surface area contributed by atoms with Crippen molar-refractivity contribution in [2.45, 2.75) is 13.1 Å². The summed E-state index contributed by atoms with van der Waals surface area (Å²) in [6, 6.07) is 6.89. The second-order valence-electron chi connectivity index (χ2n) is 4.87. The number of hydrogen-bond acceptors (Lipinski definition) is 2. The summed E-state index contributed by atoms with van der Waals surface area (Å²) in [5, 5.41) is 4.85. The van der Waals surface area contributed by atoms with Crippen LogP contribution in [-0.2, 0) is 16.4 Å². The molecule has 0 unspecified atom stereocenters. The van der Waals surface area contributed by atoms with E-state index in [2.05, 4.69) is 4.72 Å². The maximum absolute atomic E-state index is 13.6. The minimum absolute atomic E-state index is 0.195. The van der Waals surface area contributed by atoms with E-state index in [0.717, 1.165) is 12.1 Å².